The number of nitrogens with one attached hydrogen (secondary N) is 1. The molecule has 0 bridgehead atoms. The summed E-state index contributed by atoms with van der Waals surface area (Å²) in [5, 5.41) is 2.85. The highest BCUT2D eigenvalue weighted by molar-refractivity contribution is 7.90. The predicted octanol–water partition coefficient (Wildman–Crippen LogP) is 3.30. The number of halogens is 1. The van der Waals surface area contributed by atoms with Crippen molar-refractivity contribution in [3.05, 3.63) is 58.6 Å². The van der Waals surface area contributed by atoms with E-state index in [0.29, 0.717) is 5.69 Å². The Morgan fingerprint density at radius 3 is 2.43 bits per heavy atom. The molecule has 2 aromatic carbocycles. The van der Waals surface area contributed by atoms with E-state index in [4.69, 9.17) is 11.6 Å². The summed E-state index contributed by atoms with van der Waals surface area (Å²) in [6.07, 6.45) is 1.05. The van der Waals surface area contributed by atoms with Gasteiger partial charge in [0.2, 0.25) is 0 Å². The fourth-order valence-electron chi connectivity index (χ4n) is 1.84. The van der Waals surface area contributed by atoms with Crippen molar-refractivity contribution in [2.24, 2.45) is 0 Å². The van der Waals surface area contributed by atoms with Crippen molar-refractivity contribution >= 4 is 33.0 Å². The number of carbonyl (C=O) groups excluding carboxylic acids is 1. The number of carbonyl (C=O) groups is 1. The van der Waals surface area contributed by atoms with Gasteiger partial charge >= 0.3 is 0 Å². The molecule has 0 saturated heterocycles. The average Bonchev–Trinajstić information content (AvgIpc) is 2.40. The Kier molecular flexibility index (Phi) is 4.34. The lowest BCUT2D eigenvalue weighted by Crippen LogP contribution is -2.13. The number of sulfone groups is 1. The smallest absolute Gasteiger partial charge is 0.255 e. The van der Waals surface area contributed by atoms with Crippen LogP contribution in [0.5, 0.6) is 0 Å². The van der Waals surface area contributed by atoms with Crippen LogP contribution in [0, 0.1) is 6.92 Å². The molecule has 110 valence electrons. The van der Waals surface area contributed by atoms with Gasteiger partial charge in [0, 0.05) is 17.5 Å². The van der Waals surface area contributed by atoms with Gasteiger partial charge in [-0.15, -0.1) is 0 Å². The zero-order chi connectivity index (χ0) is 15.6. The zero-order valence-corrected chi connectivity index (χ0v) is 13.1. The number of aryl methyl sites for hydroxylation is 1. The first-order chi connectivity index (χ1) is 9.79. The van der Waals surface area contributed by atoms with E-state index in [-0.39, 0.29) is 21.4 Å². The van der Waals surface area contributed by atoms with E-state index in [1.54, 1.807) is 6.07 Å². The molecular weight excluding hydrogens is 310 g/mol. The third kappa shape index (κ3) is 3.62. The second-order valence-corrected chi connectivity index (χ2v) is 7.08. The Balaban J connectivity index is 2.35. The number of hydrogen-bond donors (Lipinski definition) is 1. The third-order valence-corrected chi connectivity index (χ3v) is 4.56. The Hall–Kier alpha value is -1.85. The molecule has 0 spiro atoms. The number of para-hydroxylation sites is 1. The van der Waals surface area contributed by atoms with E-state index >= 15 is 0 Å². The Morgan fingerprint density at radius 1 is 1.14 bits per heavy atom. The summed E-state index contributed by atoms with van der Waals surface area (Å²) in [4.78, 5) is 12.2. The molecule has 2 rings (SSSR count). The fourth-order valence-corrected chi connectivity index (χ4v) is 3.14. The lowest BCUT2D eigenvalue weighted by Gasteiger charge is -2.09. The largest absolute Gasteiger partial charge is 0.322 e. The van der Waals surface area contributed by atoms with Crippen LogP contribution in [0.15, 0.2) is 47.4 Å². The van der Waals surface area contributed by atoms with Crippen molar-refractivity contribution in [2.45, 2.75) is 11.8 Å². The molecular formula is C15H14ClNO3S. The van der Waals surface area contributed by atoms with Gasteiger partial charge in [-0.25, -0.2) is 8.42 Å². The lowest BCUT2D eigenvalue weighted by molar-refractivity contribution is 0.102. The molecule has 0 aliphatic heterocycles. The maximum Gasteiger partial charge on any atom is 0.255 e. The first-order valence-corrected chi connectivity index (χ1v) is 8.42. The minimum Gasteiger partial charge on any atom is -0.322 e. The highest BCUT2D eigenvalue weighted by Gasteiger charge is 2.16. The van der Waals surface area contributed by atoms with Gasteiger partial charge in [-0.05, 0) is 36.8 Å². The van der Waals surface area contributed by atoms with Crippen molar-refractivity contribution < 1.29 is 13.2 Å². The summed E-state index contributed by atoms with van der Waals surface area (Å²) in [5.41, 5.74) is 1.84. The van der Waals surface area contributed by atoms with Gasteiger partial charge in [-0.3, -0.25) is 4.79 Å². The number of rotatable bonds is 3. The highest BCUT2D eigenvalue weighted by Crippen LogP contribution is 2.23. The minimum atomic E-state index is -3.48. The van der Waals surface area contributed by atoms with Crippen LogP contribution >= 0.6 is 11.6 Å². The molecule has 0 fully saturated rings. The monoisotopic (exact) mass is 323 g/mol. The highest BCUT2D eigenvalue weighted by atomic mass is 35.5. The van der Waals surface area contributed by atoms with Gasteiger partial charge in [-0.2, -0.15) is 0 Å². The molecule has 1 amide bonds. The molecule has 4 nitrogen and oxygen atoms in total. The van der Waals surface area contributed by atoms with E-state index in [9.17, 15) is 13.2 Å². The van der Waals surface area contributed by atoms with Crippen LogP contribution in [-0.4, -0.2) is 20.6 Å². The molecule has 0 saturated carbocycles. The van der Waals surface area contributed by atoms with E-state index < -0.39 is 9.84 Å². The number of amides is 1. The minimum absolute atomic E-state index is 0.0541. The predicted molar refractivity (Wildman–Crippen MR) is 83.7 cm³/mol. The summed E-state index contributed by atoms with van der Waals surface area (Å²) in [6.45, 7) is 1.87. The first-order valence-electron chi connectivity index (χ1n) is 6.15. The Morgan fingerprint density at radius 2 is 1.81 bits per heavy atom. The normalized spacial score (nSPS) is 11.2. The van der Waals surface area contributed by atoms with Crippen LogP contribution in [0.2, 0.25) is 5.02 Å². The van der Waals surface area contributed by atoms with E-state index in [1.807, 2.05) is 25.1 Å². The third-order valence-electron chi connectivity index (χ3n) is 2.99. The molecule has 21 heavy (non-hydrogen) atoms. The quantitative estimate of drug-likeness (QED) is 0.942. The number of hydrogen-bond acceptors (Lipinski definition) is 3. The standard InChI is InChI=1S/C15H14ClNO3S/c1-10-5-3-4-6-13(10)17-15(18)11-7-8-12(16)14(9-11)21(2,19)20/h3-9H,1-2H3,(H,17,18). The number of anilines is 1. The second-order valence-electron chi connectivity index (χ2n) is 4.69. The van der Waals surface area contributed by atoms with Crippen molar-refractivity contribution in [2.75, 3.05) is 11.6 Å². The Labute approximate surface area is 128 Å². The topological polar surface area (TPSA) is 63.2 Å². The van der Waals surface area contributed by atoms with Gasteiger partial charge < -0.3 is 5.32 Å². The average molecular weight is 324 g/mol. The second kappa shape index (κ2) is 5.87. The Bertz CT molecular complexity index is 800. The molecule has 0 atom stereocenters. The van der Waals surface area contributed by atoms with Gasteiger partial charge in [0.25, 0.3) is 5.91 Å². The summed E-state index contributed by atoms with van der Waals surface area (Å²) < 4.78 is 23.2. The molecule has 6 heteroatoms. The summed E-state index contributed by atoms with van der Waals surface area (Å²) >= 11 is 5.86. The maximum absolute atomic E-state index is 12.2. The van der Waals surface area contributed by atoms with E-state index in [0.717, 1.165) is 11.8 Å². The van der Waals surface area contributed by atoms with E-state index in [2.05, 4.69) is 5.32 Å². The van der Waals surface area contributed by atoms with Crippen molar-refractivity contribution in [3.63, 3.8) is 0 Å². The van der Waals surface area contributed by atoms with Crippen LogP contribution in [0.25, 0.3) is 0 Å². The number of benzene rings is 2. The van der Waals surface area contributed by atoms with Crippen LogP contribution in [-0.2, 0) is 9.84 Å². The van der Waals surface area contributed by atoms with Crippen molar-refractivity contribution in [3.8, 4) is 0 Å². The molecule has 0 aliphatic carbocycles. The van der Waals surface area contributed by atoms with Crippen molar-refractivity contribution in [1.82, 2.24) is 0 Å². The summed E-state index contributed by atoms with van der Waals surface area (Å²) in [6, 6.07) is 11.5. The molecule has 0 radical (unpaired) electrons. The SMILES string of the molecule is Cc1ccccc1NC(=O)c1ccc(Cl)c(S(C)(=O)=O)c1. The maximum atomic E-state index is 12.2. The van der Waals surface area contributed by atoms with Gasteiger partial charge in [0.05, 0.1) is 9.92 Å². The van der Waals surface area contributed by atoms with Gasteiger partial charge in [-0.1, -0.05) is 29.8 Å². The van der Waals surface area contributed by atoms with Gasteiger partial charge in [0.15, 0.2) is 9.84 Å². The van der Waals surface area contributed by atoms with Gasteiger partial charge in [0.1, 0.15) is 0 Å². The molecule has 1 N–H and O–H groups in total. The van der Waals surface area contributed by atoms with Crippen LogP contribution in [0.3, 0.4) is 0 Å². The molecule has 0 aromatic heterocycles. The molecule has 0 unspecified atom stereocenters. The van der Waals surface area contributed by atoms with Crippen LogP contribution in [0.4, 0.5) is 5.69 Å². The van der Waals surface area contributed by atoms with Crippen molar-refractivity contribution in [1.29, 1.82) is 0 Å². The molecule has 0 heterocycles. The first kappa shape index (κ1) is 15.5. The molecule has 2 aromatic rings. The van der Waals surface area contributed by atoms with Crippen LogP contribution in [0.1, 0.15) is 15.9 Å². The molecule has 0 aliphatic rings. The fraction of sp³-hybridized carbons (Fsp3) is 0.133. The zero-order valence-electron chi connectivity index (χ0n) is 11.6. The lowest BCUT2D eigenvalue weighted by atomic mass is 10.1. The van der Waals surface area contributed by atoms with E-state index in [1.165, 1.54) is 18.2 Å². The summed E-state index contributed by atoms with van der Waals surface area (Å²) in [7, 11) is -3.48. The summed E-state index contributed by atoms with van der Waals surface area (Å²) in [5.74, 6) is -0.383. The van der Waals surface area contributed by atoms with Crippen LogP contribution < -0.4 is 5.32 Å².